The van der Waals surface area contributed by atoms with Crippen LogP contribution in [-0.4, -0.2) is 26.9 Å². The lowest BCUT2D eigenvalue weighted by atomic mass is 10.1. The van der Waals surface area contributed by atoms with Crippen LogP contribution in [0, 0.1) is 0 Å². The lowest BCUT2D eigenvalue weighted by molar-refractivity contribution is 0.0988. The van der Waals surface area contributed by atoms with Crippen molar-refractivity contribution in [3.8, 4) is 0 Å². The zero-order valence-electron chi connectivity index (χ0n) is 9.71. The van der Waals surface area contributed by atoms with Gasteiger partial charge >= 0.3 is 0 Å². The van der Waals surface area contributed by atoms with E-state index in [0.717, 1.165) is 10.0 Å². The molecule has 0 aromatic carbocycles. The van der Waals surface area contributed by atoms with E-state index in [0.29, 0.717) is 25.2 Å². The second kappa shape index (κ2) is 5.88. The number of rotatable bonds is 5. The summed E-state index contributed by atoms with van der Waals surface area (Å²) in [6.45, 7) is 1.19. The maximum absolute atomic E-state index is 12.0. The van der Waals surface area contributed by atoms with Crippen molar-refractivity contribution in [2.75, 3.05) is 6.54 Å². The molecule has 0 aliphatic carbocycles. The van der Waals surface area contributed by atoms with Gasteiger partial charge in [-0.3, -0.25) is 9.78 Å². The van der Waals surface area contributed by atoms with Crippen LogP contribution >= 0.6 is 15.9 Å². The van der Waals surface area contributed by atoms with E-state index in [1.165, 1.54) is 0 Å². The van der Waals surface area contributed by atoms with Crippen LogP contribution in [0.15, 0.2) is 35.5 Å². The van der Waals surface area contributed by atoms with Gasteiger partial charge in [-0.05, 0) is 27.6 Å². The number of pyridine rings is 1. The fraction of sp³-hybridized carbons (Fsp3) is 0.250. The predicted molar refractivity (Wildman–Crippen MR) is 71.3 cm³/mol. The number of carbonyl (C=O) groups is 1. The van der Waals surface area contributed by atoms with E-state index in [2.05, 4.69) is 25.9 Å². The number of hydrogen-bond acceptors (Lipinski definition) is 4. The molecule has 2 aromatic rings. The van der Waals surface area contributed by atoms with E-state index in [1.807, 2.05) is 10.6 Å². The molecule has 0 atom stereocenters. The number of ketones is 1. The van der Waals surface area contributed by atoms with E-state index < -0.39 is 0 Å². The molecular formula is C12H13BrN4O. The summed E-state index contributed by atoms with van der Waals surface area (Å²) in [5, 5.41) is 0. The van der Waals surface area contributed by atoms with Gasteiger partial charge in [-0.15, -0.1) is 0 Å². The molecule has 0 bridgehead atoms. The third-order valence-corrected chi connectivity index (χ3v) is 2.87. The molecule has 5 nitrogen and oxygen atoms in total. The van der Waals surface area contributed by atoms with Crippen molar-refractivity contribution in [2.24, 2.45) is 5.73 Å². The normalized spacial score (nSPS) is 10.6. The highest BCUT2D eigenvalue weighted by Crippen LogP contribution is 2.11. The first-order chi connectivity index (χ1) is 8.69. The molecule has 0 fully saturated rings. The Balaban J connectivity index is 2.07. The number of carbonyl (C=O) groups excluding carboxylic acids is 1. The first-order valence-electron chi connectivity index (χ1n) is 5.53. The molecule has 6 heteroatoms. The minimum Gasteiger partial charge on any atom is -0.335 e. The molecule has 0 spiro atoms. The van der Waals surface area contributed by atoms with Crippen LogP contribution in [-0.2, 0) is 13.0 Å². The van der Waals surface area contributed by atoms with E-state index in [9.17, 15) is 4.79 Å². The van der Waals surface area contributed by atoms with Gasteiger partial charge in [0.1, 0.15) is 5.69 Å². The molecule has 0 saturated heterocycles. The molecule has 2 rings (SSSR count). The number of nitrogens with zero attached hydrogens (tertiary/aromatic N) is 3. The molecule has 2 N–H and O–H groups in total. The molecule has 2 heterocycles. The SMILES string of the molecule is NCCn1cnc(C(=O)Cc2cncc(Br)c2)c1. The Bertz CT molecular complexity index is 553. The minimum atomic E-state index is -0.0225. The van der Waals surface area contributed by atoms with E-state index >= 15 is 0 Å². The number of aromatic nitrogens is 3. The van der Waals surface area contributed by atoms with Crippen molar-refractivity contribution >= 4 is 21.7 Å². The summed E-state index contributed by atoms with van der Waals surface area (Å²) < 4.78 is 2.67. The van der Waals surface area contributed by atoms with Crippen LogP contribution in [0.3, 0.4) is 0 Å². The minimum absolute atomic E-state index is 0.0225. The van der Waals surface area contributed by atoms with Crippen LogP contribution in [0.1, 0.15) is 16.1 Å². The summed E-state index contributed by atoms with van der Waals surface area (Å²) in [5.74, 6) is -0.0225. The number of imidazole rings is 1. The van der Waals surface area contributed by atoms with Gasteiger partial charge in [-0.25, -0.2) is 4.98 Å². The van der Waals surface area contributed by atoms with Gasteiger partial charge in [0, 0.05) is 42.6 Å². The molecular weight excluding hydrogens is 296 g/mol. The van der Waals surface area contributed by atoms with Crippen molar-refractivity contribution in [1.82, 2.24) is 14.5 Å². The lowest BCUT2D eigenvalue weighted by Gasteiger charge is -1.99. The van der Waals surface area contributed by atoms with Gasteiger partial charge in [0.2, 0.25) is 0 Å². The summed E-state index contributed by atoms with van der Waals surface area (Å²) in [6, 6.07) is 1.88. The van der Waals surface area contributed by atoms with Gasteiger partial charge in [-0.1, -0.05) is 0 Å². The van der Waals surface area contributed by atoms with Crippen molar-refractivity contribution < 1.29 is 4.79 Å². The maximum atomic E-state index is 12.0. The molecule has 0 aliphatic rings. The number of nitrogens with two attached hydrogens (primary N) is 1. The largest absolute Gasteiger partial charge is 0.335 e. The second-order valence-corrected chi connectivity index (χ2v) is 4.81. The molecule has 0 radical (unpaired) electrons. The van der Waals surface area contributed by atoms with Crippen LogP contribution in [0.5, 0.6) is 0 Å². The van der Waals surface area contributed by atoms with Crippen molar-refractivity contribution in [2.45, 2.75) is 13.0 Å². The average Bonchev–Trinajstić information content (AvgIpc) is 2.78. The van der Waals surface area contributed by atoms with E-state index in [1.54, 1.807) is 24.9 Å². The monoisotopic (exact) mass is 308 g/mol. The van der Waals surface area contributed by atoms with Crippen molar-refractivity contribution in [1.29, 1.82) is 0 Å². The van der Waals surface area contributed by atoms with Gasteiger partial charge in [0.25, 0.3) is 0 Å². The number of halogens is 1. The third kappa shape index (κ3) is 3.24. The zero-order valence-corrected chi connectivity index (χ0v) is 11.3. The van der Waals surface area contributed by atoms with Crippen LogP contribution in [0.4, 0.5) is 0 Å². The Morgan fingerprint density at radius 3 is 3.00 bits per heavy atom. The zero-order chi connectivity index (χ0) is 13.0. The highest BCUT2D eigenvalue weighted by atomic mass is 79.9. The number of Topliss-reactive ketones (excluding diaryl/α,β-unsaturated/α-hetero) is 1. The Kier molecular flexibility index (Phi) is 4.22. The fourth-order valence-corrected chi connectivity index (χ4v) is 2.02. The summed E-state index contributed by atoms with van der Waals surface area (Å²) in [4.78, 5) is 20.1. The molecule has 0 saturated carbocycles. The third-order valence-electron chi connectivity index (χ3n) is 2.43. The lowest BCUT2D eigenvalue weighted by Crippen LogP contribution is -2.08. The Morgan fingerprint density at radius 1 is 1.44 bits per heavy atom. The van der Waals surface area contributed by atoms with Gasteiger partial charge < -0.3 is 10.3 Å². The Morgan fingerprint density at radius 2 is 2.28 bits per heavy atom. The van der Waals surface area contributed by atoms with Crippen LogP contribution < -0.4 is 5.73 Å². The quantitative estimate of drug-likeness (QED) is 0.848. The molecule has 18 heavy (non-hydrogen) atoms. The highest BCUT2D eigenvalue weighted by molar-refractivity contribution is 9.10. The summed E-state index contributed by atoms with van der Waals surface area (Å²) in [5.41, 5.74) is 6.76. The van der Waals surface area contributed by atoms with Gasteiger partial charge in [0.05, 0.1) is 6.33 Å². The Labute approximate surface area is 113 Å². The summed E-state index contributed by atoms with van der Waals surface area (Å²) in [7, 11) is 0. The maximum Gasteiger partial charge on any atom is 0.187 e. The predicted octanol–water partition coefficient (Wildman–Crippen LogP) is 1.42. The van der Waals surface area contributed by atoms with Gasteiger partial charge in [-0.2, -0.15) is 0 Å². The molecule has 0 unspecified atom stereocenters. The molecule has 0 aliphatic heterocycles. The standard InChI is InChI=1S/C12H13BrN4O/c13-10-3-9(5-15-6-10)4-12(18)11-7-17(2-1-14)8-16-11/h3,5-8H,1-2,4,14H2. The van der Waals surface area contributed by atoms with E-state index in [4.69, 9.17) is 5.73 Å². The number of hydrogen-bond donors (Lipinski definition) is 1. The molecule has 0 amide bonds. The Hall–Kier alpha value is -1.53. The van der Waals surface area contributed by atoms with Crippen molar-refractivity contribution in [3.05, 3.63) is 46.7 Å². The van der Waals surface area contributed by atoms with E-state index in [-0.39, 0.29) is 5.78 Å². The first-order valence-corrected chi connectivity index (χ1v) is 6.33. The summed E-state index contributed by atoms with van der Waals surface area (Å²) >= 11 is 3.33. The fourth-order valence-electron chi connectivity index (χ4n) is 1.60. The van der Waals surface area contributed by atoms with Crippen LogP contribution in [0.25, 0.3) is 0 Å². The molecule has 2 aromatic heterocycles. The smallest absolute Gasteiger partial charge is 0.187 e. The highest BCUT2D eigenvalue weighted by Gasteiger charge is 2.10. The second-order valence-electron chi connectivity index (χ2n) is 3.90. The molecule has 94 valence electrons. The summed E-state index contributed by atoms with van der Waals surface area (Å²) in [6.07, 6.45) is 7.01. The van der Waals surface area contributed by atoms with Gasteiger partial charge in [0.15, 0.2) is 5.78 Å². The van der Waals surface area contributed by atoms with Crippen LogP contribution in [0.2, 0.25) is 0 Å². The first kappa shape index (κ1) is 12.9. The topological polar surface area (TPSA) is 73.8 Å². The van der Waals surface area contributed by atoms with Crippen molar-refractivity contribution in [3.63, 3.8) is 0 Å². The average molecular weight is 309 g/mol.